The summed E-state index contributed by atoms with van der Waals surface area (Å²) in [5.74, 6) is 0.353. The molecule has 1 aliphatic rings. The number of benzene rings is 1. The monoisotopic (exact) mass is 569 g/mol. The van der Waals surface area contributed by atoms with Gasteiger partial charge in [-0.15, -0.1) is 0 Å². The van der Waals surface area contributed by atoms with Crippen LogP contribution in [-0.4, -0.2) is 60.4 Å². The lowest BCUT2D eigenvalue weighted by molar-refractivity contribution is -0.167. The van der Waals surface area contributed by atoms with Crippen molar-refractivity contribution in [3.63, 3.8) is 0 Å². The summed E-state index contributed by atoms with van der Waals surface area (Å²) in [6, 6.07) is 8.27. The highest BCUT2D eigenvalue weighted by molar-refractivity contribution is 7.45. The lowest BCUT2D eigenvalue weighted by Gasteiger charge is -2.29. The van der Waals surface area contributed by atoms with E-state index < -0.39 is 62.3 Å². The number of rotatable bonds is 11. The number of aromatic amines is 1. The van der Waals surface area contributed by atoms with E-state index in [1.165, 1.54) is 0 Å². The quantitative estimate of drug-likeness (QED) is 0.311. The van der Waals surface area contributed by atoms with Gasteiger partial charge in [0.2, 0.25) is 0 Å². The molecule has 2 N–H and O–H groups in total. The summed E-state index contributed by atoms with van der Waals surface area (Å²) in [5, 5.41) is 2.18. The smallest absolute Gasteiger partial charge is 0.330 e. The second-order valence-corrected chi connectivity index (χ2v) is 9.66. The Hall–Kier alpha value is -2.28. The fourth-order valence-corrected chi connectivity index (χ4v) is 4.17. The molecule has 3 rings (SSSR count). The Morgan fingerprint density at radius 2 is 1.97 bits per heavy atom. The van der Waals surface area contributed by atoms with Crippen molar-refractivity contribution >= 4 is 26.4 Å². The van der Waals surface area contributed by atoms with Gasteiger partial charge in [0.25, 0.3) is 12.0 Å². The second kappa shape index (κ2) is 14.6. The maximum absolute atomic E-state index is 14.7. The predicted octanol–water partition coefficient (Wildman–Crippen LogP) is 3.60. The first-order valence-corrected chi connectivity index (χ1v) is 12.6. The Labute approximate surface area is 217 Å². The summed E-state index contributed by atoms with van der Waals surface area (Å²) < 4.78 is 64.3. The second-order valence-electron chi connectivity index (χ2n) is 7.99. The third-order valence-corrected chi connectivity index (χ3v) is 6.38. The molecule has 0 aliphatic carbocycles. The van der Waals surface area contributed by atoms with Crippen molar-refractivity contribution in [1.29, 1.82) is 0 Å². The van der Waals surface area contributed by atoms with Crippen LogP contribution in [0.4, 0.5) is 13.2 Å². The maximum atomic E-state index is 14.7. The van der Waals surface area contributed by atoms with Crippen molar-refractivity contribution < 1.29 is 36.5 Å². The number of nitrogens with zero attached hydrogens (tertiary/aromatic N) is 1. The Bertz CT molecular complexity index is 1110. The fourth-order valence-electron chi connectivity index (χ4n) is 2.93. The molecule has 4 unspecified atom stereocenters. The standard InChI is InChI=1S/C18H18ClF3N3O6P.C4H10O/c19-12-9-25(17(28)24-14(12)27)15-13(20)8-18(30-15,16(21)22)10-29-32(23-6-7-26)31-11-4-2-1-3-5-11;1-4(2)5-3/h1-5,7,9,13,15-16,23H,6,8,10H2,(H,24,27,28);4H,1-3H3. The largest absolute Gasteiger partial charge is 0.436 e. The molecule has 0 amide bonds. The number of carbonyl (C=O) groups is 1. The molecule has 0 saturated carbocycles. The van der Waals surface area contributed by atoms with Crippen molar-refractivity contribution in [1.82, 2.24) is 14.6 Å². The van der Waals surface area contributed by atoms with Crippen LogP contribution in [0.1, 0.15) is 26.5 Å². The van der Waals surface area contributed by atoms with Crippen LogP contribution in [0.25, 0.3) is 0 Å². The van der Waals surface area contributed by atoms with E-state index in [1.54, 1.807) is 37.4 Å². The van der Waals surface area contributed by atoms with Crippen LogP contribution in [0.3, 0.4) is 0 Å². The first kappa shape index (κ1) is 30.9. The first-order chi connectivity index (χ1) is 17.5. The zero-order chi connectivity index (χ0) is 27.6. The van der Waals surface area contributed by atoms with Gasteiger partial charge in [-0.05, 0) is 26.0 Å². The van der Waals surface area contributed by atoms with Crippen LogP contribution >= 0.6 is 20.1 Å². The summed E-state index contributed by atoms with van der Waals surface area (Å²) in [6.45, 7) is 3.01. The van der Waals surface area contributed by atoms with E-state index >= 15 is 0 Å². The summed E-state index contributed by atoms with van der Waals surface area (Å²) in [4.78, 5) is 36.0. The number of carbonyl (C=O) groups excluding carboxylic acids is 1. The van der Waals surface area contributed by atoms with E-state index in [1.807, 2.05) is 18.8 Å². The number of nitrogens with one attached hydrogen (secondary N) is 2. The van der Waals surface area contributed by atoms with E-state index in [9.17, 15) is 27.6 Å². The average Bonchev–Trinajstić information content (AvgIpc) is 3.21. The highest BCUT2D eigenvalue weighted by Crippen LogP contribution is 2.45. The zero-order valence-corrected chi connectivity index (χ0v) is 21.9. The minimum Gasteiger partial charge on any atom is -0.436 e. The summed E-state index contributed by atoms with van der Waals surface area (Å²) in [5.41, 5.74) is -4.40. The summed E-state index contributed by atoms with van der Waals surface area (Å²) in [6.07, 6.45) is -6.06. The molecule has 1 aromatic heterocycles. The highest BCUT2D eigenvalue weighted by atomic mass is 35.5. The Kier molecular flexibility index (Phi) is 12.2. The van der Waals surface area contributed by atoms with Gasteiger partial charge in [-0.2, -0.15) is 0 Å². The molecule has 15 heteroatoms. The van der Waals surface area contributed by atoms with Crippen LogP contribution in [0, 0.1) is 0 Å². The Morgan fingerprint density at radius 3 is 2.54 bits per heavy atom. The minimum absolute atomic E-state index is 0.180. The van der Waals surface area contributed by atoms with Gasteiger partial charge in [0.1, 0.15) is 23.2 Å². The first-order valence-electron chi connectivity index (χ1n) is 11.0. The van der Waals surface area contributed by atoms with Gasteiger partial charge in [0, 0.05) is 19.7 Å². The van der Waals surface area contributed by atoms with Gasteiger partial charge in [-0.1, -0.05) is 29.8 Å². The molecule has 206 valence electrons. The molecule has 10 nitrogen and oxygen atoms in total. The van der Waals surface area contributed by atoms with E-state index in [-0.39, 0.29) is 6.54 Å². The Balaban J connectivity index is 0.000000877. The molecular weight excluding hydrogens is 542 g/mol. The lowest BCUT2D eigenvalue weighted by atomic mass is 10.0. The van der Waals surface area contributed by atoms with Gasteiger partial charge in [0.05, 0.1) is 19.3 Å². The van der Waals surface area contributed by atoms with Crippen LogP contribution < -0.4 is 20.9 Å². The molecule has 4 atom stereocenters. The van der Waals surface area contributed by atoms with Crippen molar-refractivity contribution in [2.75, 3.05) is 20.3 Å². The predicted molar refractivity (Wildman–Crippen MR) is 131 cm³/mol. The number of methoxy groups -OCH3 is 1. The zero-order valence-electron chi connectivity index (χ0n) is 20.2. The minimum atomic E-state index is -3.20. The summed E-state index contributed by atoms with van der Waals surface area (Å²) >= 11 is 5.67. The van der Waals surface area contributed by atoms with Gasteiger partial charge in [-0.25, -0.2) is 23.1 Å². The van der Waals surface area contributed by atoms with E-state index in [0.717, 1.165) is 6.20 Å². The molecule has 0 spiro atoms. The van der Waals surface area contributed by atoms with Crippen LogP contribution in [0.5, 0.6) is 5.75 Å². The van der Waals surface area contributed by atoms with E-state index in [4.69, 9.17) is 30.1 Å². The van der Waals surface area contributed by atoms with Crippen molar-refractivity contribution in [3.05, 3.63) is 62.4 Å². The molecule has 37 heavy (non-hydrogen) atoms. The van der Waals surface area contributed by atoms with Crippen molar-refractivity contribution in [2.24, 2.45) is 0 Å². The summed E-state index contributed by atoms with van der Waals surface area (Å²) in [7, 11) is -0.369. The molecule has 0 bridgehead atoms. The average molecular weight is 570 g/mol. The maximum Gasteiger partial charge on any atom is 0.330 e. The van der Waals surface area contributed by atoms with Crippen molar-refractivity contribution in [3.8, 4) is 5.75 Å². The van der Waals surface area contributed by atoms with Crippen molar-refractivity contribution in [2.45, 2.75) is 50.8 Å². The van der Waals surface area contributed by atoms with Crippen LogP contribution in [-0.2, 0) is 18.8 Å². The number of hydrogen-bond acceptors (Lipinski definition) is 8. The number of hydrogen-bond donors (Lipinski definition) is 2. The molecular formula is C22H28ClF3N3O7P. The fraction of sp³-hybridized carbons (Fsp3) is 0.500. The molecule has 1 fully saturated rings. The molecule has 1 aliphatic heterocycles. The van der Waals surface area contributed by atoms with Gasteiger partial charge >= 0.3 is 14.2 Å². The normalized spacial score (nSPS) is 22.0. The highest BCUT2D eigenvalue weighted by Gasteiger charge is 2.55. The molecule has 2 aromatic rings. The van der Waals surface area contributed by atoms with Gasteiger partial charge in [-0.3, -0.25) is 14.3 Å². The Morgan fingerprint density at radius 1 is 1.32 bits per heavy atom. The third kappa shape index (κ3) is 8.91. The van der Waals surface area contributed by atoms with E-state index in [0.29, 0.717) is 22.7 Å². The van der Waals surface area contributed by atoms with Crippen LogP contribution in [0.15, 0.2) is 46.1 Å². The number of ether oxygens (including phenoxy) is 2. The third-order valence-electron chi connectivity index (χ3n) is 4.93. The number of aldehydes is 1. The number of H-pyrrole nitrogens is 1. The molecule has 2 heterocycles. The van der Waals surface area contributed by atoms with Gasteiger partial charge < -0.3 is 23.3 Å². The van der Waals surface area contributed by atoms with Crippen LogP contribution in [0.2, 0.25) is 5.02 Å². The number of halogens is 4. The molecule has 1 saturated heterocycles. The number of para-hydroxylation sites is 1. The number of aromatic nitrogens is 2. The molecule has 0 radical (unpaired) electrons. The lowest BCUT2D eigenvalue weighted by Crippen LogP contribution is -2.43. The molecule has 1 aromatic carbocycles. The van der Waals surface area contributed by atoms with E-state index in [2.05, 4.69) is 5.09 Å². The number of alkyl halides is 3. The SMILES string of the molecule is COC(C)C.O=CCNP(OCC1(C(F)F)CC(F)C(n2cc(Cl)c(=O)[nH]c2=O)O1)Oc1ccccc1. The topological polar surface area (TPSA) is 121 Å². The van der Waals surface area contributed by atoms with Gasteiger partial charge in [0.15, 0.2) is 11.8 Å².